The summed E-state index contributed by atoms with van der Waals surface area (Å²) >= 11 is 0. The topological polar surface area (TPSA) is 57.8 Å². The molecule has 6 heteroatoms. The van der Waals surface area contributed by atoms with Crippen LogP contribution in [0.2, 0.25) is 0 Å². The number of hydrogen-bond donors (Lipinski definition) is 1. The number of ether oxygens (including phenoxy) is 1. The summed E-state index contributed by atoms with van der Waals surface area (Å²) in [5.41, 5.74) is 8.47. The van der Waals surface area contributed by atoms with Crippen LogP contribution in [-0.2, 0) is 4.74 Å². The molecular formula is C15H19F2N3O. The molecule has 1 aromatic carbocycles. The van der Waals surface area contributed by atoms with Gasteiger partial charge in [0.05, 0.1) is 5.70 Å². The van der Waals surface area contributed by atoms with Crippen LogP contribution >= 0.6 is 0 Å². The van der Waals surface area contributed by atoms with Gasteiger partial charge < -0.3 is 4.74 Å². The van der Waals surface area contributed by atoms with E-state index >= 15 is 0 Å². The molecule has 0 bridgehead atoms. The monoisotopic (exact) mass is 295 g/mol. The first-order chi connectivity index (χ1) is 9.81. The zero-order valence-electron chi connectivity index (χ0n) is 12.4. The molecule has 0 aromatic heterocycles. The van der Waals surface area contributed by atoms with Gasteiger partial charge in [0, 0.05) is 12.6 Å². The molecule has 0 amide bonds. The Morgan fingerprint density at radius 1 is 1.24 bits per heavy atom. The molecule has 0 spiro atoms. The van der Waals surface area contributed by atoms with Crippen LogP contribution in [0.15, 0.2) is 53.2 Å². The number of allylic oxidation sites excluding steroid dienone is 1. The first kappa shape index (κ1) is 18.6. The largest absolute Gasteiger partial charge is 0.438 e. The van der Waals surface area contributed by atoms with Crippen LogP contribution in [0.1, 0.15) is 18.1 Å². The number of aryl methyl sites for hydroxylation is 1. The first-order valence-electron chi connectivity index (χ1n) is 6.03. The normalized spacial score (nSPS) is 10.5. The molecule has 0 radical (unpaired) electrons. The van der Waals surface area contributed by atoms with Gasteiger partial charge in [0.25, 0.3) is 5.90 Å². The highest BCUT2D eigenvalue weighted by atomic mass is 19.3. The van der Waals surface area contributed by atoms with Gasteiger partial charge >= 0.3 is 6.43 Å². The number of hydrogen-bond acceptors (Lipinski definition) is 4. The Bertz CT molecular complexity index is 522. The molecule has 0 aliphatic carbocycles. The summed E-state index contributed by atoms with van der Waals surface area (Å²) in [6.07, 6.45) is -2.73. The molecule has 0 unspecified atom stereocenters. The second-order valence-electron chi connectivity index (χ2n) is 4.10. The van der Waals surface area contributed by atoms with Crippen LogP contribution in [0.5, 0.6) is 0 Å². The van der Waals surface area contributed by atoms with Crippen molar-refractivity contribution in [3.05, 3.63) is 54.2 Å². The number of aliphatic imine (C=N–C) groups is 1. The van der Waals surface area contributed by atoms with E-state index in [9.17, 15) is 8.78 Å². The predicted molar refractivity (Wildman–Crippen MR) is 80.6 cm³/mol. The van der Waals surface area contributed by atoms with Crippen molar-refractivity contribution >= 4 is 11.7 Å². The molecule has 0 aliphatic rings. The second-order valence-corrected chi connectivity index (χ2v) is 4.10. The summed E-state index contributed by atoms with van der Waals surface area (Å²) in [7, 11) is 1.25. The Labute approximate surface area is 123 Å². The lowest BCUT2D eigenvalue weighted by atomic mass is 10.1. The van der Waals surface area contributed by atoms with Crippen LogP contribution < -0.4 is 0 Å². The van der Waals surface area contributed by atoms with E-state index in [0.717, 1.165) is 5.56 Å². The van der Waals surface area contributed by atoms with Gasteiger partial charge in [-0.05, 0) is 13.8 Å². The fraction of sp³-hybridized carbons (Fsp3) is 0.267. The van der Waals surface area contributed by atoms with Gasteiger partial charge in [-0.2, -0.15) is 13.9 Å². The van der Waals surface area contributed by atoms with Crippen LogP contribution in [-0.4, -0.2) is 19.4 Å². The number of nitrogens with one attached hydrogen (secondary N) is 1. The van der Waals surface area contributed by atoms with E-state index in [1.165, 1.54) is 7.05 Å². The minimum Gasteiger partial charge on any atom is -0.438 e. The molecule has 4 nitrogen and oxygen atoms in total. The molecule has 1 N–H and O–H groups in total. The molecule has 0 aliphatic heterocycles. The van der Waals surface area contributed by atoms with E-state index in [0.29, 0.717) is 11.3 Å². The Kier molecular flexibility index (Phi) is 8.45. The zero-order chi connectivity index (χ0) is 16.4. The van der Waals surface area contributed by atoms with E-state index < -0.39 is 12.3 Å². The first-order valence-corrected chi connectivity index (χ1v) is 6.03. The molecule has 0 fully saturated rings. The SMILES string of the molecule is C=C(C)N=N.C=C(OC(=NC)C(F)F)c1ccc(C)cc1. The van der Waals surface area contributed by atoms with Gasteiger partial charge in [-0.3, -0.25) is 4.99 Å². The van der Waals surface area contributed by atoms with Crippen LogP contribution in [0, 0.1) is 12.5 Å². The average Bonchev–Trinajstić information content (AvgIpc) is 2.45. The minimum atomic E-state index is -2.73. The van der Waals surface area contributed by atoms with Crippen LogP contribution in [0.3, 0.4) is 0 Å². The maximum absolute atomic E-state index is 12.3. The highest BCUT2D eigenvalue weighted by molar-refractivity contribution is 5.84. The maximum Gasteiger partial charge on any atom is 0.312 e. The highest BCUT2D eigenvalue weighted by Gasteiger charge is 2.15. The predicted octanol–water partition coefficient (Wildman–Crippen LogP) is 4.83. The summed E-state index contributed by atoms with van der Waals surface area (Å²) in [4.78, 5) is 3.35. The van der Waals surface area contributed by atoms with E-state index in [2.05, 4.69) is 23.3 Å². The second kappa shape index (κ2) is 9.52. The van der Waals surface area contributed by atoms with Crippen molar-refractivity contribution in [1.82, 2.24) is 0 Å². The summed E-state index contributed by atoms with van der Waals surface area (Å²) in [6.45, 7) is 10.5. The lowest BCUT2D eigenvalue weighted by molar-refractivity contribution is 0.196. The van der Waals surface area contributed by atoms with Crippen molar-refractivity contribution in [1.29, 1.82) is 5.53 Å². The number of alkyl halides is 2. The fourth-order valence-electron chi connectivity index (χ4n) is 1.11. The molecule has 0 saturated heterocycles. The third-order valence-corrected chi connectivity index (χ3v) is 2.20. The number of halogens is 2. The lowest BCUT2D eigenvalue weighted by Gasteiger charge is -2.10. The summed E-state index contributed by atoms with van der Waals surface area (Å²) in [5.74, 6) is -0.452. The third-order valence-electron chi connectivity index (χ3n) is 2.20. The van der Waals surface area contributed by atoms with Crippen molar-refractivity contribution in [2.24, 2.45) is 10.1 Å². The van der Waals surface area contributed by atoms with Gasteiger partial charge in [-0.15, -0.1) is 0 Å². The van der Waals surface area contributed by atoms with Gasteiger partial charge in [0.15, 0.2) is 0 Å². The van der Waals surface area contributed by atoms with Crippen molar-refractivity contribution in [3.8, 4) is 0 Å². The highest BCUT2D eigenvalue weighted by Crippen LogP contribution is 2.16. The molecule has 0 saturated carbocycles. The maximum atomic E-state index is 12.3. The third kappa shape index (κ3) is 7.71. The zero-order valence-corrected chi connectivity index (χ0v) is 12.4. The average molecular weight is 295 g/mol. The Hall–Kier alpha value is -2.37. The lowest BCUT2D eigenvalue weighted by Crippen LogP contribution is -2.13. The van der Waals surface area contributed by atoms with Gasteiger partial charge in [-0.25, -0.2) is 5.53 Å². The quantitative estimate of drug-likeness (QED) is 0.368. The standard InChI is InChI=1S/C12H13F2NO.C3H6N2/c1-8-4-6-10(7-5-8)9(2)16-12(15-3)11(13)14;1-3(2)5-4/h4-7,11H,2H2,1,3H3;4H,1H2,2H3. The van der Waals surface area contributed by atoms with Crippen molar-refractivity contribution in [2.45, 2.75) is 20.3 Å². The molecule has 21 heavy (non-hydrogen) atoms. The fourth-order valence-corrected chi connectivity index (χ4v) is 1.11. The minimum absolute atomic E-state index is 0.168. The van der Waals surface area contributed by atoms with Crippen LogP contribution in [0.25, 0.3) is 5.76 Å². The summed E-state index contributed by atoms with van der Waals surface area (Å²) < 4.78 is 29.6. The van der Waals surface area contributed by atoms with Gasteiger partial charge in [0.2, 0.25) is 0 Å². The van der Waals surface area contributed by atoms with E-state index in [1.54, 1.807) is 19.1 Å². The van der Waals surface area contributed by atoms with E-state index in [1.807, 2.05) is 19.1 Å². The Morgan fingerprint density at radius 3 is 2.05 bits per heavy atom. The van der Waals surface area contributed by atoms with Crippen molar-refractivity contribution in [2.75, 3.05) is 7.05 Å². The number of nitrogens with zero attached hydrogens (tertiary/aromatic N) is 2. The Morgan fingerprint density at radius 2 is 1.71 bits per heavy atom. The van der Waals surface area contributed by atoms with Crippen LogP contribution in [0.4, 0.5) is 8.78 Å². The van der Waals surface area contributed by atoms with Crippen molar-refractivity contribution < 1.29 is 13.5 Å². The van der Waals surface area contributed by atoms with Gasteiger partial charge in [-0.1, -0.05) is 43.0 Å². The Balaban J connectivity index is 0.000000690. The van der Waals surface area contributed by atoms with E-state index in [-0.39, 0.29) is 5.76 Å². The molecule has 0 heterocycles. The molecular weight excluding hydrogens is 276 g/mol. The molecule has 1 aromatic rings. The summed E-state index contributed by atoms with van der Waals surface area (Å²) in [5, 5.41) is 2.94. The molecule has 1 rings (SSSR count). The van der Waals surface area contributed by atoms with Crippen molar-refractivity contribution in [3.63, 3.8) is 0 Å². The number of rotatable bonds is 4. The molecule has 0 atom stereocenters. The summed E-state index contributed by atoms with van der Waals surface area (Å²) in [6, 6.07) is 7.23. The van der Waals surface area contributed by atoms with E-state index in [4.69, 9.17) is 10.3 Å². The van der Waals surface area contributed by atoms with Gasteiger partial charge in [0.1, 0.15) is 5.76 Å². The molecule has 114 valence electrons. The smallest absolute Gasteiger partial charge is 0.312 e. The number of benzene rings is 1.